The number of hydrogen-bond donors (Lipinski definition) is 1. The molecule has 1 aromatic heterocycles. The topological polar surface area (TPSA) is 39.3 Å². The Morgan fingerprint density at radius 2 is 2.25 bits per heavy atom. The SMILES string of the molecule is CN1CCCC(N(C)C(=O)c2ccc3cc[nH]c3c2)C1. The smallest absolute Gasteiger partial charge is 0.253 e. The van der Waals surface area contributed by atoms with E-state index in [-0.39, 0.29) is 5.91 Å². The van der Waals surface area contributed by atoms with Crippen molar-refractivity contribution in [1.29, 1.82) is 0 Å². The predicted molar refractivity (Wildman–Crippen MR) is 80.9 cm³/mol. The minimum Gasteiger partial charge on any atom is -0.361 e. The molecular formula is C16H21N3O. The Morgan fingerprint density at radius 1 is 1.40 bits per heavy atom. The van der Waals surface area contributed by atoms with E-state index in [9.17, 15) is 4.79 Å². The van der Waals surface area contributed by atoms with Gasteiger partial charge in [0.1, 0.15) is 0 Å². The summed E-state index contributed by atoms with van der Waals surface area (Å²) in [5.74, 6) is 0.113. The van der Waals surface area contributed by atoms with Gasteiger partial charge in [0.15, 0.2) is 0 Å². The molecule has 1 aromatic carbocycles. The quantitative estimate of drug-likeness (QED) is 0.910. The van der Waals surface area contributed by atoms with Crippen molar-refractivity contribution in [2.45, 2.75) is 18.9 Å². The summed E-state index contributed by atoms with van der Waals surface area (Å²) in [5.41, 5.74) is 1.78. The van der Waals surface area contributed by atoms with Gasteiger partial charge in [0.2, 0.25) is 0 Å². The number of nitrogens with zero attached hydrogens (tertiary/aromatic N) is 2. The highest BCUT2D eigenvalue weighted by atomic mass is 16.2. The van der Waals surface area contributed by atoms with Crippen LogP contribution in [0.4, 0.5) is 0 Å². The maximum absolute atomic E-state index is 12.6. The number of rotatable bonds is 2. The first kappa shape index (κ1) is 13.2. The lowest BCUT2D eigenvalue weighted by Gasteiger charge is -2.35. The monoisotopic (exact) mass is 271 g/mol. The van der Waals surface area contributed by atoms with E-state index in [2.05, 4.69) is 16.9 Å². The molecule has 0 bridgehead atoms. The third kappa shape index (κ3) is 2.43. The number of carbonyl (C=O) groups excluding carboxylic acids is 1. The lowest BCUT2D eigenvalue weighted by Crippen LogP contribution is -2.47. The molecule has 2 aromatic rings. The van der Waals surface area contributed by atoms with Crippen molar-refractivity contribution in [1.82, 2.24) is 14.8 Å². The van der Waals surface area contributed by atoms with Gasteiger partial charge in [-0.05, 0) is 50.0 Å². The molecule has 4 nitrogen and oxygen atoms in total. The molecule has 1 aliphatic heterocycles. The fourth-order valence-electron chi connectivity index (χ4n) is 3.01. The van der Waals surface area contributed by atoms with Gasteiger partial charge in [-0.25, -0.2) is 0 Å². The molecule has 0 saturated carbocycles. The summed E-state index contributed by atoms with van der Waals surface area (Å²) in [6.45, 7) is 2.10. The number of aromatic nitrogens is 1. The van der Waals surface area contributed by atoms with Crippen molar-refractivity contribution >= 4 is 16.8 Å². The second-order valence-corrected chi connectivity index (χ2v) is 5.75. The summed E-state index contributed by atoms with van der Waals surface area (Å²) in [7, 11) is 4.04. The Labute approximate surface area is 119 Å². The van der Waals surface area contributed by atoms with Crippen molar-refractivity contribution < 1.29 is 4.79 Å². The van der Waals surface area contributed by atoms with Gasteiger partial charge in [0.05, 0.1) is 0 Å². The second kappa shape index (κ2) is 5.29. The first-order valence-corrected chi connectivity index (χ1v) is 7.18. The Bertz CT molecular complexity index is 619. The number of fused-ring (bicyclic) bond motifs is 1. The lowest BCUT2D eigenvalue weighted by atomic mass is 10.0. The maximum Gasteiger partial charge on any atom is 0.253 e. The molecule has 1 amide bonds. The summed E-state index contributed by atoms with van der Waals surface area (Å²) in [6, 6.07) is 8.20. The molecular weight excluding hydrogens is 250 g/mol. The van der Waals surface area contributed by atoms with Crippen LogP contribution in [0, 0.1) is 0 Å². The molecule has 4 heteroatoms. The molecule has 3 rings (SSSR count). The summed E-state index contributed by atoms with van der Waals surface area (Å²) < 4.78 is 0. The van der Waals surface area contributed by atoms with Gasteiger partial charge < -0.3 is 14.8 Å². The summed E-state index contributed by atoms with van der Waals surface area (Å²) >= 11 is 0. The Morgan fingerprint density at radius 3 is 3.05 bits per heavy atom. The number of aromatic amines is 1. The number of nitrogens with one attached hydrogen (secondary N) is 1. The molecule has 0 radical (unpaired) electrons. The fraction of sp³-hybridized carbons (Fsp3) is 0.438. The molecule has 1 saturated heterocycles. The van der Waals surface area contributed by atoms with Gasteiger partial charge in [-0.2, -0.15) is 0 Å². The van der Waals surface area contributed by atoms with Crippen molar-refractivity contribution in [3.8, 4) is 0 Å². The van der Waals surface area contributed by atoms with Crippen LogP contribution in [0.3, 0.4) is 0 Å². The molecule has 106 valence electrons. The highest BCUT2D eigenvalue weighted by Gasteiger charge is 2.25. The number of piperidine rings is 1. The summed E-state index contributed by atoms with van der Waals surface area (Å²) in [4.78, 5) is 20.0. The number of likely N-dealkylation sites (N-methyl/N-ethyl adjacent to an activating group) is 2. The van der Waals surface area contributed by atoms with E-state index in [1.807, 2.05) is 42.4 Å². The molecule has 1 aliphatic rings. The Balaban J connectivity index is 1.79. The average molecular weight is 271 g/mol. The maximum atomic E-state index is 12.6. The highest BCUT2D eigenvalue weighted by molar-refractivity contribution is 5.98. The van der Waals surface area contributed by atoms with Crippen LogP contribution in [-0.4, -0.2) is 53.9 Å². The molecule has 1 fully saturated rings. The van der Waals surface area contributed by atoms with Crippen LogP contribution in [0.2, 0.25) is 0 Å². The molecule has 2 heterocycles. The minimum atomic E-state index is 0.113. The number of hydrogen-bond acceptors (Lipinski definition) is 2. The van der Waals surface area contributed by atoms with Gasteiger partial charge in [0.25, 0.3) is 5.91 Å². The van der Waals surface area contributed by atoms with E-state index in [1.165, 1.54) is 0 Å². The Hall–Kier alpha value is -1.81. The summed E-state index contributed by atoms with van der Waals surface area (Å²) in [6.07, 6.45) is 4.16. The zero-order chi connectivity index (χ0) is 14.1. The van der Waals surface area contributed by atoms with E-state index < -0.39 is 0 Å². The van der Waals surface area contributed by atoms with Crippen LogP contribution in [0.5, 0.6) is 0 Å². The molecule has 1 atom stereocenters. The van der Waals surface area contributed by atoms with E-state index in [1.54, 1.807) is 0 Å². The second-order valence-electron chi connectivity index (χ2n) is 5.75. The van der Waals surface area contributed by atoms with Crippen molar-refractivity contribution in [3.63, 3.8) is 0 Å². The number of carbonyl (C=O) groups is 1. The van der Waals surface area contributed by atoms with Gasteiger partial charge in [-0.1, -0.05) is 6.07 Å². The fourth-order valence-corrected chi connectivity index (χ4v) is 3.01. The molecule has 20 heavy (non-hydrogen) atoms. The van der Waals surface area contributed by atoms with Crippen LogP contribution >= 0.6 is 0 Å². The van der Waals surface area contributed by atoms with Crippen LogP contribution in [-0.2, 0) is 0 Å². The van der Waals surface area contributed by atoms with E-state index in [4.69, 9.17) is 0 Å². The van der Waals surface area contributed by atoms with E-state index >= 15 is 0 Å². The van der Waals surface area contributed by atoms with Crippen LogP contribution in [0.1, 0.15) is 23.2 Å². The van der Waals surface area contributed by atoms with E-state index in [0.29, 0.717) is 6.04 Å². The standard InChI is InChI=1S/C16H21N3O/c1-18-9-3-4-14(11-18)19(2)16(20)13-6-5-12-7-8-17-15(12)10-13/h5-8,10,14,17H,3-4,9,11H2,1-2H3. The van der Waals surface area contributed by atoms with Crippen LogP contribution in [0.25, 0.3) is 10.9 Å². The minimum absolute atomic E-state index is 0.113. The van der Waals surface area contributed by atoms with Gasteiger partial charge >= 0.3 is 0 Å². The zero-order valence-electron chi connectivity index (χ0n) is 12.1. The number of amides is 1. The third-order valence-corrected chi connectivity index (χ3v) is 4.27. The third-order valence-electron chi connectivity index (χ3n) is 4.27. The van der Waals surface area contributed by atoms with Crippen LogP contribution < -0.4 is 0 Å². The van der Waals surface area contributed by atoms with Crippen molar-refractivity contribution in [3.05, 3.63) is 36.0 Å². The predicted octanol–water partition coefficient (Wildman–Crippen LogP) is 2.33. The van der Waals surface area contributed by atoms with E-state index in [0.717, 1.165) is 42.4 Å². The van der Waals surface area contributed by atoms with Gasteiger partial charge in [-0.3, -0.25) is 4.79 Å². The van der Waals surface area contributed by atoms with Crippen molar-refractivity contribution in [2.75, 3.05) is 27.2 Å². The first-order chi connectivity index (χ1) is 9.65. The normalized spacial score (nSPS) is 20.2. The van der Waals surface area contributed by atoms with Crippen molar-refractivity contribution in [2.24, 2.45) is 0 Å². The molecule has 1 unspecified atom stereocenters. The lowest BCUT2D eigenvalue weighted by molar-refractivity contribution is 0.0644. The Kier molecular flexibility index (Phi) is 3.49. The van der Waals surface area contributed by atoms with Gasteiger partial charge in [0, 0.05) is 36.9 Å². The average Bonchev–Trinajstić information content (AvgIpc) is 2.93. The first-order valence-electron chi connectivity index (χ1n) is 7.18. The molecule has 0 spiro atoms. The summed E-state index contributed by atoms with van der Waals surface area (Å²) in [5, 5.41) is 1.14. The molecule has 1 N–H and O–H groups in total. The largest absolute Gasteiger partial charge is 0.361 e. The number of H-pyrrole nitrogens is 1. The highest BCUT2D eigenvalue weighted by Crippen LogP contribution is 2.19. The molecule has 0 aliphatic carbocycles. The van der Waals surface area contributed by atoms with Gasteiger partial charge in [-0.15, -0.1) is 0 Å². The number of benzene rings is 1. The number of likely N-dealkylation sites (tertiary alicyclic amines) is 1. The zero-order valence-corrected chi connectivity index (χ0v) is 12.1. The van der Waals surface area contributed by atoms with Crippen LogP contribution in [0.15, 0.2) is 30.5 Å².